The highest BCUT2D eigenvalue weighted by atomic mass is 35.5. The summed E-state index contributed by atoms with van der Waals surface area (Å²) >= 11 is 6.15. The molecule has 7 nitrogen and oxygen atoms in total. The van der Waals surface area contributed by atoms with Gasteiger partial charge in [-0.15, -0.1) is 0 Å². The van der Waals surface area contributed by atoms with Crippen molar-refractivity contribution in [3.05, 3.63) is 58.9 Å². The average Bonchev–Trinajstić information content (AvgIpc) is 3.15. The first-order valence-corrected chi connectivity index (χ1v) is 8.72. The molecule has 0 bridgehead atoms. The lowest BCUT2D eigenvalue weighted by Gasteiger charge is -2.20. The summed E-state index contributed by atoms with van der Waals surface area (Å²) < 4.78 is 16.3. The summed E-state index contributed by atoms with van der Waals surface area (Å²) in [6.07, 6.45) is 0. The van der Waals surface area contributed by atoms with E-state index in [2.05, 4.69) is 10.1 Å². The van der Waals surface area contributed by atoms with Crippen molar-refractivity contribution in [2.75, 3.05) is 20.3 Å². The van der Waals surface area contributed by atoms with Crippen molar-refractivity contribution in [1.29, 1.82) is 0 Å². The van der Waals surface area contributed by atoms with Crippen LogP contribution in [0.5, 0.6) is 11.5 Å². The van der Waals surface area contributed by atoms with Crippen molar-refractivity contribution in [1.82, 2.24) is 15.0 Å². The van der Waals surface area contributed by atoms with Crippen LogP contribution in [-0.4, -0.2) is 41.2 Å². The van der Waals surface area contributed by atoms with E-state index in [9.17, 15) is 4.79 Å². The van der Waals surface area contributed by atoms with E-state index in [1.165, 1.54) is 4.90 Å². The number of carbonyl (C=O) groups excluding carboxylic acids is 1. The number of halogens is 1. The summed E-state index contributed by atoms with van der Waals surface area (Å²) in [6.45, 7) is 1.14. The van der Waals surface area contributed by atoms with Crippen molar-refractivity contribution < 1.29 is 18.8 Å². The Morgan fingerprint density at radius 3 is 2.74 bits per heavy atom. The van der Waals surface area contributed by atoms with E-state index >= 15 is 0 Å². The quantitative estimate of drug-likeness (QED) is 0.684. The van der Waals surface area contributed by atoms with Crippen molar-refractivity contribution in [3.63, 3.8) is 0 Å². The van der Waals surface area contributed by atoms with E-state index in [4.69, 9.17) is 25.6 Å². The lowest BCUT2D eigenvalue weighted by atomic mass is 10.1. The molecule has 0 radical (unpaired) electrons. The normalized spacial score (nSPS) is 12.7. The molecule has 0 N–H and O–H groups in total. The number of carbonyl (C=O) groups is 1. The van der Waals surface area contributed by atoms with Gasteiger partial charge >= 0.3 is 0 Å². The molecule has 3 aromatic rings. The van der Waals surface area contributed by atoms with E-state index in [0.717, 1.165) is 0 Å². The van der Waals surface area contributed by atoms with Crippen LogP contribution in [0.15, 0.2) is 47.0 Å². The Bertz CT molecular complexity index is 989. The van der Waals surface area contributed by atoms with Crippen LogP contribution >= 0.6 is 11.6 Å². The Morgan fingerprint density at radius 1 is 1.15 bits per heavy atom. The fourth-order valence-corrected chi connectivity index (χ4v) is 2.96. The van der Waals surface area contributed by atoms with Crippen LogP contribution in [0.25, 0.3) is 11.4 Å². The van der Waals surface area contributed by atoms with Crippen LogP contribution in [0.1, 0.15) is 16.2 Å². The molecule has 0 atom stereocenters. The molecule has 0 unspecified atom stereocenters. The average molecular weight is 386 g/mol. The van der Waals surface area contributed by atoms with Gasteiger partial charge in [-0.25, -0.2) is 0 Å². The zero-order chi connectivity index (χ0) is 18.8. The first kappa shape index (κ1) is 17.4. The Balaban J connectivity index is 1.48. The Kier molecular flexibility index (Phi) is 4.68. The van der Waals surface area contributed by atoms with Gasteiger partial charge < -0.3 is 18.9 Å². The van der Waals surface area contributed by atoms with Gasteiger partial charge in [0.25, 0.3) is 5.91 Å². The maximum Gasteiger partial charge on any atom is 0.254 e. The van der Waals surface area contributed by atoms with Gasteiger partial charge in [0.1, 0.15) is 13.2 Å². The summed E-state index contributed by atoms with van der Waals surface area (Å²) in [6, 6.07) is 12.3. The molecular formula is C19H16ClN3O4. The van der Waals surface area contributed by atoms with E-state index < -0.39 is 0 Å². The van der Waals surface area contributed by atoms with E-state index in [-0.39, 0.29) is 12.5 Å². The van der Waals surface area contributed by atoms with Crippen LogP contribution in [-0.2, 0) is 6.54 Å². The second-order valence-corrected chi connectivity index (χ2v) is 6.42. The fraction of sp³-hybridized carbons (Fsp3) is 0.211. The minimum atomic E-state index is -0.190. The van der Waals surface area contributed by atoms with E-state index in [0.29, 0.717) is 52.6 Å². The largest absolute Gasteiger partial charge is 0.486 e. The molecule has 1 aliphatic rings. The molecule has 27 heavy (non-hydrogen) atoms. The maximum atomic E-state index is 12.7. The third-order valence-corrected chi connectivity index (χ3v) is 4.42. The predicted molar refractivity (Wildman–Crippen MR) is 98.0 cm³/mol. The summed E-state index contributed by atoms with van der Waals surface area (Å²) in [5.74, 6) is 1.72. The van der Waals surface area contributed by atoms with Crippen LogP contribution in [0.2, 0.25) is 5.02 Å². The number of nitrogens with zero attached hydrogens (tertiary/aromatic N) is 3. The molecular weight excluding hydrogens is 370 g/mol. The number of amides is 1. The summed E-state index contributed by atoms with van der Waals surface area (Å²) in [4.78, 5) is 18.5. The van der Waals surface area contributed by atoms with E-state index in [1.807, 2.05) is 12.1 Å². The molecule has 138 valence electrons. The standard InChI is InChI=1S/C19H16ClN3O4/c1-23(19(24)12-6-7-15-16(10-12)26-9-8-25-15)11-17-21-18(22-27-17)13-4-2-3-5-14(13)20/h2-7,10H,8-9,11H2,1H3. The highest BCUT2D eigenvalue weighted by Crippen LogP contribution is 2.31. The Morgan fingerprint density at radius 2 is 1.93 bits per heavy atom. The molecule has 0 aliphatic carbocycles. The van der Waals surface area contributed by atoms with Gasteiger partial charge in [0.15, 0.2) is 11.5 Å². The van der Waals surface area contributed by atoms with Crippen molar-refractivity contribution in [2.24, 2.45) is 0 Å². The van der Waals surface area contributed by atoms with Gasteiger partial charge in [-0.05, 0) is 30.3 Å². The molecule has 0 saturated heterocycles. The second-order valence-electron chi connectivity index (χ2n) is 6.01. The SMILES string of the molecule is CN(Cc1nc(-c2ccccc2Cl)no1)C(=O)c1ccc2c(c1)OCCO2. The minimum Gasteiger partial charge on any atom is -0.486 e. The molecule has 2 heterocycles. The highest BCUT2D eigenvalue weighted by molar-refractivity contribution is 6.33. The summed E-state index contributed by atoms with van der Waals surface area (Å²) in [5, 5.41) is 4.48. The smallest absolute Gasteiger partial charge is 0.254 e. The first-order valence-electron chi connectivity index (χ1n) is 8.34. The third-order valence-electron chi connectivity index (χ3n) is 4.09. The first-order chi connectivity index (χ1) is 13.1. The van der Waals surface area contributed by atoms with Crippen LogP contribution in [0, 0.1) is 0 Å². The van der Waals surface area contributed by atoms with E-state index in [1.54, 1.807) is 37.4 Å². The van der Waals surface area contributed by atoms with Gasteiger partial charge in [0, 0.05) is 18.2 Å². The monoisotopic (exact) mass is 385 g/mol. The molecule has 0 saturated carbocycles. The fourth-order valence-electron chi connectivity index (χ4n) is 2.74. The number of hydrogen-bond donors (Lipinski definition) is 0. The topological polar surface area (TPSA) is 77.7 Å². The Hall–Kier alpha value is -3.06. The number of rotatable bonds is 4. The second kappa shape index (κ2) is 7.28. The van der Waals surface area contributed by atoms with Gasteiger partial charge in [-0.2, -0.15) is 4.98 Å². The van der Waals surface area contributed by atoms with Gasteiger partial charge in [-0.3, -0.25) is 4.79 Å². The summed E-state index contributed by atoms with van der Waals surface area (Å²) in [7, 11) is 1.67. The maximum absolute atomic E-state index is 12.7. The molecule has 8 heteroatoms. The molecule has 1 aliphatic heterocycles. The van der Waals surface area contributed by atoms with Crippen molar-refractivity contribution in [3.8, 4) is 22.9 Å². The molecule has 4 rings (SSSR count). The van der Waals surface area contributed by atoms with Gasteiger partial charge in [0.2, 0.25) is 11.7 Å². The van der Waals surface area contributed by atoms with Crippen LogP contribution < -0.4 is 9.47 Å². The number of benzene rings is 2. The number of fused-ring (bicyclic) bond motifs is 1. The van der Waals surface area contributed by atoms with Crippen molar-refractivity contribution >= 4 is 17.5 Å². The number of ether oxygens (including phenoxy) is 2. The van der Waals surface area contributed by atoms with Crippen LogP contribution in [0.3, 0.4) is 0 Å². The molecule has 0 spiro atoms. The van der Waals surface area contributed by atoms with Crippen molar-refractivity contribution in [2.45, 2.75) is 6.54 Å². The van der Waals surface area contributed by atoms with Crippen LogP contribution in [0.4, 0.5) is 0 Å². The highest BCUT2D eigenvalue weighted by Gasteiger charge is 2.20. The Labute approximate surface area is 160 Å². The lowest BCUT2D eigenvalue weighted by Crippen LogP contribution is -2.26. The van der Waals surface area contributed by atoms with Gasteiger partial charge in [-0.1, -0.05) is 28.9 Å². The molecule has 1 amide bonds. The zero-order valence-electron chi connectivity index (χ0n) is 14.5. The zero-order valence-corrected chi connectivity index (χ0v) is 15.3. The lowest BCUT2D eigenvalue weighted by molar-refractivity contribution is 0.0768. The number of hydrogen-bond acceptors (Lipinski definition) is 6. The number of aromatic nitrogens is 2. The predicted octanol–water partition coefficient (Wildman–Crippen LogP) is 3.43. The summed E-state index contributed by atoms with van der Waals surface area (Å²) in [5.41, 5.74) is 1.17. The minimum absolute atomic E-state index is 0.171. The molecule has 0 fully saturated rings. The molecule has 2 aromatic carbocycles. The third kappa shape index (κ3) is 3.59. The van der Waals surface area contributed by atoms with Gasteiger partial charge in [0.05, 0.1) is 11.6 Å². The molecule has 1 aromatic heterocycles.